The maximum absolute atomic E-state index is 12.7. The number of nitrogens with zero attached hydrogens (tertiary/aromatic N) is 2. The Morgan fingerprint density at radius 2 is 2.07 bits per heavy atom. The van der Waals surface area contributed by atoms with E-state index in [1.54, 1.807) is 37.5 Å². The minimum Gasteiger partial charge on any atom is -0.496 e. The van der Waals surface area contributed by atoms with Gasteiger partial charge in [-0.3, -0.25) is 4.79 Å². The average molecular weight is 424 g/mol. The molecule has 5 nitrogen and oxygen atoms in total. The number of amides is 1. The molecule has 3 rings (SSSR count). The molecule has 1 heterocycles. The summed E-state index contributed by atoms with van der Waals surface area (Å²) in [5, 5.41) is 12.7. The number of ether oxygens (including phenoxy) is 1. The van der Waals surface area contributed by atoms with Crippen LogP contribution in [0.15, 0.2) is 42.0 Å². The maximum atomic E-state index is 12.7. The zero-order chi connectivity index (χ0) is 22.1. The Morgan fingerprint density at radius 3 is 2.70 bits per heavy atom. The van der Waals surface area contributed by atoms with E-state index in [1.807, 2.05) is 18.2 Å². The highest BCUT2D eigenvalue weighted by atomic mass is 35.5. The Morgan fingerprint density at radius 1 is 1.37 bits per heavy atom. The molecular weight excluding hydrogens is 398 g/mol. The van der Waals surface area contributed by atoms with Crippen LogP contribution in [0.2, 0.25) is 5.02 Å². The van der Waals surface area contributed by atoms with Crippen LogP contribution in [0.1, 0.15) is 44.2 Å². The van der Waals surface area contributed by atoms with Gasteiger partial charge in [0.05, 0.1) is 17.8 Å². The number of carbonyl (C=O) groups excluding carboxylic acids is 1. The molecule has 1 N–H and O–H groups in total. The van der Waals surface area contributed by atoms with Gasteiger partial charge in [0, 0.05) is 29.9 Å². The van der Waals surface area contributed by atoms with Gasteiger partial charge in [0.2, 0.25) is 0 Å². The number of hydrogen-bond acceptors (Lipinski definition) is 4. The third kappa shape index (κ3) is 4.15. The van der Waals surface area contributed by atoms with Gasteiger partial charge in [-0.2, -0.15) is 5.26 Å². The largest absolute Gasteiger partial charge is 0.496 e. The molecule has 1 amide bonds. The van der Waals surface area contributed by atoms with Crippen LogP contribution in [0.4, 0.5) is 11.4 Å². The van der Waals surface area contributed by atoms with Crippen molar-refractivity contribution in [3.8, 4) is 11.8 Å². The van der Waals surface area contributed by atoms with Crippen LogP contribution >= 0.6 is 11.6 Å². The van der Waals surface area contributed by atoms with E-state index in [0.29, 0.717) is 27.9 Å². The molecule has 2 aromatic carbocycles. The lowest BCUT2D eigenvalue weighted by molar-refractivity contribution is -0.112. The van der Waals surface area contributed by atoms with Crippen LogP contribution in [0.3, 0.4) is 0 Å². The second kappa shape index (κ2) is 8.41. The molecule has 0 fully saturated rings. The predicted octanol–water partition coefficient (Wildman–Crippen LogP) is 5.62. The third-order valence-electron chi connectivity index (χ3n) is 5.77. The minimum absolute atomic E-state index is 0.0229. The minimum atomic E-state index is -0.517. The zero-order valence-corrected chi connectivity index (χ0v) is 18.7. The van der Waals surface area contributed by atoms with Gasteiger partial charge in [-0.15, -0.1) is 0 Å². The lowest BCUT2D eigenvalue weighted by atomic mass is 9.80. The summed E-state index contributed by atoms with van der Waals surface area (Å²) >= 11 is 6.11. The summed E-state index contributed by atoms with van der Waals surface area (Å²) in [6, 6.07) is 12.9. The summed E-state index contributed by atoms with van der Waals surface area (Å²) in [6.07, 6.45) is 2.57. The molecule has 0 spiro atoms. The van der Waals surface area contributed by atoms with Gasteiger partial charge in [-0.1, -0.05) is 30.7 Å². The third-order valence-corrected chi connectivity index (χ3v) is 6.10. The average Bonchev–Trinajstić information content (AvgIpc) is 2.71. The number of benzene rings is 2. The van der Waals surface area contributed by atoms with E-state index in [-0.39, 0.29) is 11.1 Å². The molecule has 156 valence electrons. The SMILES string of the molecule is COc1cc2c(cc1/C=C(\C#N)C(=O)Nc1ccccc1Cl)C(C)CC(C)(C)N2C. The fourth-order valence-electron chi connectivity index (χ4n) is 3.96. The van der Waals surface area contributed by atoms with Gasteiger partial charge >= 0.3 is 0 Å². The number of nitriles is 1. The van der Waals surface area contributed by atoms with E-state index in [9.17, 15) is 10.1 Å². The predicted molar refractivity (Wildman–Crippen MR) is 122 cm³/mol. The van der Waals surface area contributed by atoms with Crippen LogP contribution < -0.4 is 15.0 Å². The van der Waals surface area contributed by atoms with Gasteiger partial charge in [0.25, 0.3) is 5.91 Å². The number of anilines is 2. The van der Waals surface area contributed by atoms with Crippen molar-refractivity contribution in [1.82, 2.24) is 0 Å². The fraction of sp³-hybridized carbons (Fsp3) is 0.333. The molecule has 30 heavy (non-hydrogen) atoms. The summed E-state index contributed by atoms with van der Waals surface area (Å²) in [5.74, 6) is 0.437. The lowest BCUT2D eigenvalue weighted by Gasteiger charge is -2.45. The highest BCUT2D eigenvalue weighted by Crippen LogP contribution is 2.45. The van der Waals surface area contributed by atoms with Crippen LogP contribution in [-0.2, 0) is 4.79 Å². The van der Waals surface area contributed by atoms with E-state index in [0.717, 1.165) is 12.1 Å². The van der Waals surface area contributed by atoms with Crippen molar-refractivity contribution in [2.24, 2.45) is 0 Å². The smallest absolute Gasteiger partial charge is 0.266 e. The van der Waals surface area contributed by atoms with Gasteiger partial charge in [0.1, 0.15) is 17.4 Å². The summed E-state index contributed by atoms with van der Waals surface area (Å²) in [5.41, 5.74) is 3.44. The fourth-order valence-corrected chi connectivity index (χ4v) is 4.14. The quantitative estimate of drug-likeness (QED) is 0.512. The summed E-state index contributed by atoms with van der Waals surface area (Å²) < 4.78 is 5.59. The van der Waals surface area contributed by atoms with E-state index in [1.165, 1.54) is 5.56 Å². The molecule has 0 aromatic heterocycles. The van der Waals surface area contributed by atoms with Crippen molar-refractivity contribution in [3.05, 3.63) is 58.1 Å². The van der Waals surface area contributed by atoms with E-state index >= 15 is 0 Å². The summed E-state index contributed by atoms with van der Waals surface area (Å²) in [6.45, 7) is 6.64. The normalized spacial score (nSPS) is 17.7. The number of fused-ring (bicyclic) bond motifs is 1. The molecule has 2 aromatic rings. The van der Waals surface area contributed by atoms with E-state index < -0.39 is 5.91 Å². The molecule has 0 bridgehead atoms. The Kier molecular flexibility index (Phi) is 6.09. The summed E-state index contributed by atoms with van der Waals surface area (Å²) in [7, 11) is 3.67. The van der Waals surface area contributed by atoms with Crippen LogP contribution in [0.25, 0.3) is 6.08 Å². The van der Waals surface area contributed by atoms with Crippen LogP contribution in [0, 0.1) is 11.3 Å². The first-order chi connectivity index (χ1) is 14.2. The Bertz CT molecular complexity index is 1050. The number of carbonyl (C=O) groups is 1. The monoisotopic (exact) mass is 423 g/mol. The second-order valence-electron chi connectivity index (χ2n) is 8.23. The molecule has 0 saturated carbocycles. The molecule has 0 aliphatic carbocycles. The standard InChI is InChI=1S/C24H26ClN3O2/c1-15-13-24(2,3)28(4)21-12-22(30-5)16(11-18(15)21)10-17(14-26)23(29)27-20-9-7-6-8-19(20)25/h6-12,15H,13H2,1-5H3,(H,27,29)/b17-10+. The topological polar surface area (TPSA) is 65.4 Å². The molecule has 0 radical (unpaired) electrons. The zero-order valence-electron chi connectivity index (χ0n) is 17.9. The Hall–Kier alpha value is -2.97. The number of methoxy groups -OCH3 is 1. The van der Waals surface area contributed by atoms with Gasteiger partial charge in [-0.05, 0) is 56.0 Å². The second-order valence-corrected chi connectivity index (χ2v) is 8.64. The summed E-state index contributed by atoms with van der Waals surface area (Å²) in [4.78, 5) is 14.9. The van der Waals surface area contributed by atoms with Crippen molar-refractivity contribution < 1.29 is 9.53 Å². The van der Waals surface area contributed by atoms with Gasteiger partial charge < -0.3 is 15.0 Å². The Labute approximate surface area is 182 Å². The van der Waals surface area contributed by atoms with Crippen molar-refractivity contribution >= 4 is 35.0 Å². The maximum Gasteiger partial charge on any atom is 0.266 e. The van der Waals surface area contributed by atoms with Crippen molar-refractivity contribution in [3.63, 3.8) is 0 Å². The van der Waals surface area contributed by atoms with E-state index in [4.69, 9.17) is 16.3 Å². The van der Waals surface area contributed by atoms with Crippen molar-refractivity contribution in [2.45, 2.75) is 38.6 Å². The lowest BCUT2D eigenvalue weighted by Crippen LogP contribution is -2.45. The van der Waals surface area contributed by atoms with Crippen molar-refractivity contribution in [1.29, 1.82) is 5.26 Å². The number of rotatable bonds is 4. The first-order valence-corrected chi connectivity index (χ1v) is 10.2. The molecule has 0 saturated heterocycles. The molecule has 1 atom stereocenters. The van der Waals surface area contributed by atoms with Crippen molar-refractivity contribution in [2.75, 3.05) is 24.4 Å². The molecule has 1 aliphatic heterocycles. The highest BCUT2D eigenvalue weighted by molar-refractivity contribution is 6.34. The molecule has 6 heteroatoms. The number of nitrogens with one attached hydrogen (secondary N) is 1. The van der Waals surface area contributed by atoms with Crippen LogP contribution in [-0.4, -0.2) is 25.6 Å². The number of hydrogen-bond donors (Lipinski definition) is 1. The van der Waals surface area contributed by atoms with Gasteiger partial charge in [-0.25, -0.2) is 0 Å². The molecular formula is C24H26ClN3O2. The molecule has 1 aliphatic rings. The first kappa shape index (κ1) is 21.7. The first-order valence-electron chi connectivity index (χ1n) is 9.81. The highest BCUT2D eigenvalue weighted by Gasteiger charge is 2.34. The van der Waals surface area contributed by atoms with Gasteiger partial charge in [0.15, 0.2) is 0 Å². The van der Waals surface area contributed by atoms with Crippen LogP contribution in [0.5, 0.6) is 5.75 Å². The van der Waals surface area contributed by atoms with E-state index in [2.05, 4.69) is 38.0 Å². The number of halogens is 1. The number of para-hydroxylation sites is 1. The Balaban J connectivity index is 2.01. The molecule has 1 unspecified atom stereocenters.